The van der Waals surface area contributed by atoms with Crippen molar-refractivity contribution in [2.24, 2.45) is 5.41 Å². The van der Waals surface area contributed by atoms with E-state index in [1.54, 1.807) is 11.0 Å². The molecule has 3 heterocycles. The topological polar surface area (TPSA) is 77.5 Å². The molecule has 4 rings (SSSR count). The van der Waals surface area contributed by atoms with Crippen LogP contribution in [0.25, 0.3) is 0 Å². The number of nitrogens with zero attached hydrogens (tertiary/aromatic N) is 2. The van der Waals surface area contributed by atoms with Crippen molar-refractivity contribution in [3.05, 3.63) is 29.3 Å². The van der Waals surface area contributed by atoms with Gasteiger partial charge in [-0.2, -0.15) is 0 Å². The summed E-state index contributed by atoms with van der Waals surface area (Å²) >= 11 is 0. The molecule has 0 aromatic heterocycles. The molecular formula is C23H32N2O6. The molecule has 0 radical (unpaired) electrons. The second-order valence-electron chi connectivity index (χ2n) is 9.66. The van der Waals surface area contributed by atoms with Crippen LogP contribution in [0.2, 0.25) is 0 Å². The number of methoxy groups -OCH3 is 1. The van der Waals surface area contributed by atoms with E-state index in [2.05, 4.69) is 4.90 Å². The molecule has 0 saturated carbocycles. The molecule has 1 aromatic carbocycles. The van der Waals surface area contributed by atoms with Gasteiger partial charge in [-0.1, -0.05) is 0 Å². The van der Waals surface area contributed by atoms with Gasteiger partial charge in [-0.05, 0) is 51.8 Å². The van der Waals surface area contributed by atoms with Crippen LogP contribution in [0.1, 0.15) is 55.8 Å². The first-order valence-electron chi connectivity index (χ1n) is 10.9. The third kappa shape index (κ3) is 4.65. The maximum absolute atomic E-state index is 12.3. The summed E-state index contributed by atoms with van der Waals surface area (Å²) in [7, 11) is 1.37. The molecule has 8 heteroatoms. The number of carbonyl (C=O) groups is 2. The summed E-state index contributed by atoms with van der Waals surface area (Å²) in [5, 5.41) is 0. The van der Waals surface area contributed by atoms with Gasteiger partial charge in [0.05, 0.1) is 25.9 Å². The van der Waals surface area contributed by atoms with Crippen LogP contribution >= 0.6 is 0 Å². The summed E-state index contributed by atoms with van der Waals surface area (Å²) in [4.78, 5) is 28.6. The summed E-state index contributed by atoms with van der Waals surface area (Å²) in [5.41, 5.74) is 1.93. The third-order valence-corrected chi connectivity index (χ3v) is 6.21. The van der Waals surface area contributed by atoms with Crippen molar-refractivity contribution in [3.63, 3.8) is 0 Å². The first kappa shape index (κ1) is 21.9. The van der Waals surface area contributed by atoms with E-state index < -0.39 is 17.9 Å². The molecule has 1 spiro atoms. The van der Waals surface area contributed by atoms with Crippen molar-refractivity contribution in [2.45, 2.75) is 45.5 Å². The molecule has 1 amide bonds. The average molecular weight is 433 g/mol. The Hall–Kier alpha value is -2.32. The second-order valence-corrected chi connectivity index (χ2v) is 9.66. The SMILES string of the molecule is COC(=O)c1ccc(N2CCC3(CC2)CN(C(=O)OC(C)(C)C)C3)cc1C1OCCO1. The molecule has 0 unspecified atom stereocenters. The molecule has 3 aliphatic heterocycles. The second kappa shape index (κ2) is 8.31. The van der Waals surface area contributed by atoms with Crippen molar-refractivity contribution in [1.82, 2.24) is 4.90 Å². The fraction of sp³-hybridized carbons (Fsp3) is 0.652. The van der Waals surface area contributed by atoms with Crippen molar-refractivity contribution >= 4 is 17.7 Å². The molecule has 170 valence electrons. The Morgan fingerprint density at radius 3 is 2.32 bits per heavy atom. The number of hydrogen-bond donors (Lipinski definition) is 0. The number of hydrogen-bond acceptors (Lipinski definition) is 7. The van der Waals surface area contributed by atoms with Crippen molar-refractivity contribution in [2.75, 3.05) is 51.4 Å². The maximum Gasteiger partial charge on any atom is 0.410 e. The van der Waals surface area contributed by atoms with Crippen molar-refractivity contribution in [1.29, 1.82) is 0 Å². The maximum atomic E-state index is 12.3. The molecule has 0 atom stereocenters. The summed E-state index contributed by atoms with van der Waals surface area (Å²) in [6, 6.07) is 5.73. The number of amides is 1. The van der Waals surface area contributed by atoms with Gasteiger partial charge in [-0.15, -0.1) is 0 Å². The lowest BCUT2D eigenvalue weighted by molar-refractivity contribution is -0.0449. The Labute approximate surface area is 183 Å². The minimum Gasteiger partial charge on any atom is -0.465 e. The van der Waals surface area contributed by atoms with E-state index in [-0.39, 0.29) is 11.5 Å². The molecule has 1 aromatic rings. The first-order chi connectivity index (χ1) is 14.7. The molecule has 3 fully saturated rings. The van der Waals surface area contributed by atoms with Crippen molar-refractivity contribution < 1.29 is 28.5 Å². The molecule has 3 aliphatic rings. The molecular weight excluding hydrogens is 400 g/mol. The van der Waals surface area contributed by atoms with Crippen LogP contribution in [0, 0.1) is 5.41 Å². The quantitative estimate of drug-likeness (QED) is 0.678. The normalized spacial score (nSPS) is 21.2. The van der Waals surface area contributed by atoms with Crippen LogP contribution in [0.15, 0.2) is 18.2 Å². The Morgan fingerprint density at radius 2 is 1.74 bits per heavy atom. The number of benzene rings is 1. The monoisotopic (exact) mass is 432 g/mol. The van der Waals surface area contributed by atoms with Crippen LogP contribution in [-0.4, -0.2) is 69.1 Å². The highest BCUT2D eigenvalue weighted by Gasteiger charge is 2.47. The van der Waals surface area contributed by atoms with Gasteiger partial charge in [0.15, 0.2) is 6.29 Å². The van der Waals surface area contributed by atoms with Crippen molar-refractivity contribution in [3.8, 4) is 0 Å². The average Bonchev–Trinajstić information content (AvgIpc) is 3.24. The lowest BCUT2D eigenvalue weighted by Crippen LogP contribution is -2.62. The summed E-state index contributed by atoms with van der Waals surface area (Å²) in [6.07, 6.45) is 1.26. The number of rotatable bonds is 3. The molecule has 0 N–H and O–H groups in total. The zero-order chi connectivity index (χ0) is 22.2. The summed E-state index contributed by atoms with van der Waals surface area (Å²) in [5.74, 6) is -0.394. The summed E-state index contributed by atoms with van der Waals surface area (Å²) < 4.78 is 21.7. The molecule has 0 bridgehead atoms. The highest BCUT2D eigenvalue weighted by Crippen LogP contribution is 2.42. The van der Waals surface area contributed by atoms with Crippen LogP contribution in [-0.2, 0) is 18.9 Å². The zero-order valence-corrected chi connectivity index (χ0v) is 18.8. The van der Waals surface area contributed by atoms with E-state index in [0.29, 0.717) is 24.3 Å². The Bertz CT molecular complexity index is 827. The summed E-state index contributed by atoms with van der Waals surface area (Å²) in [6.45, 7) is 9.99. The highest BCUT2D eigenvalue weighted by molar-refractivity contribution is 5.91. The number of piperidine rings is 1. The van der Waals surface area contributed by atoms with E-state index in [0.717, 1.165) is 44.7 Å². The van der Waals surface area contributed by atoms with Crippen LogP contribution < -0.4 is 4.90 Å². The fourth-order valence-electron chi connectivity index (χ4n) is 4.55. The zero-order valence-electron chi connectivity index (χ0n) is 18.8. The van der Waals surface area contributed by atoms with Gasteiger partial charge >= 0.3 is 12.1 Å². The smallest absolute Gasteiger partial charge is 0.410 e. The minimum absolute atomic E-state index is 0.180. The Balaban J connectivity index is 1.40. The van der Waals surface area contributed by atoms with Gasteiger partial charge in [0.1, 0.15) is 5.60 Å². The largest absolute Gasteiger partial charge is 0.465 e. The predicted molar refractivity (Wildman–Crippen MR) is 114 cm³/mol. The highest BCUT2D eigenvalue weighted by atomic mass is 16.7. The number of likely N-dealkylation sites (tertiary alicyclic amines) is 1. The van der Waals surface area contributed by atoms with Crippen LogP contribution in [0.3, 0.4) is 0 Å². The van der Waals surface area contributed by atoms with E-state index in [4.69, 9.17) is 18.9 Å². The Kier molecular flexibility index (Phi) is 5.87. The molecule has 0 aliphatic carbocycles. The Morgan fingerprint density at radius 1 is 1.10 bits per heavy atom. The van der Waals surface area contributed by atoms with E-state index >= 15 is 0 Å². The van der Waals surface area contributed by atoms with E-state index in [9.17, 15) is 9.59 Å². The van der Waals surface area contributed by atoms with Crippen LogP contribution in [0.4, 0.5) is 10.5 Å². The van der Waals surface area contributed by atoms with Gasteiger partial charge in [0.25, 0.3) is 0 Å². The first-order valence-corrected chi connectivity index (χ1v) is 10.9. The number of ether oxygens (including phenoxy) is 4. The standard InChI is InChI=1S/C23H32N2O6/c1-22(2,3)31-21(27)25-14-23(15-25)7-9-24(10-8-23)16-5-6-17(19(26)28-4)18(13-16)20-29-11-12-30-20/h5-6,13,20H,7-12,14-15H2,1-4H3. The predicted octanol–water partition coefficient (Wildman–Crippen LogP) is 3.36. The number of carbonyl (C=O) groups excluding carboxylic acids is 2. The number of esters is 1. The van der Waals surface area contributed by atoms with Gasteiger partial charge in [-0.25, -0.2) is 9.59 Å². The molecule has 3 saturated heterocycles. The van der Waals surface area contributed by atoms with Gasteiger partial charge in [0, 0.05) is 42.8 Å². The molecule has 31 heavy (non-hydrogen) atoms. The third-order valence-electron chi connectivity index (χ3n) is 6.21. The molecule has 8 nitrogen and oxygen atoms in total. The van der Waals surface area contributed by atoms with Gasteiger partial charge < -0.3 is 28.7 Å². The van der Waals surface area contributed by atoms with Crippen LogP contribution in [0.5, 0.6) is 0 Å². The van der Waals surface area contributed by atoms with Gasteiger partial charge in [-0.3, -0.25) is 0 Å². The van der Waals surface area contributed by atoms with Gasteiger partial charge in [0.2, 0.25) is 0 Å². The van der Waals surface area contributed by atoms with E-state index in [1.807, 2.05) is 32.9 Å². The lowest BCUT2D eigenvalue weighted by Gasteiger charge is -2.54. The fourth-order valence-corrected chi connectivity index (χ4v) is 4.55. The lowest BCUT2D eigenvalue weighted by atomic mass is 9.72. The number of anilines is 1. The minimum atomic E-state index is -0.542. The van der Waals surface area contributed by atoms with E-state index in [1.165, 1.54) is 7.11 Å².